The molecule has 0 amide bonds. The second-order valence-corrected chi connectivity index (χ2v) is 6.36. The molecule has 0 unspecified atom stereocenters. The summed E-state index contributed by atoms with van der Waals surface area (Å²) in [5.74, 6) is 0. The Balaban J connectivity index is 1.76. The highest BCUT2D eigenvalue weighted by Gasteiger charge is 2.18. The standard InChI is InChI=1S/C16H24Cl2N2/c1-2-3-9-20-10-7-13(8-11-20)19-12-14-15(17)5-4-6-16(14)18/h4-6,13,19H,2-3,7-12H2,1H3. The van der Waals surface area contributed by atoms with E-state index in [1.54, 1.807) is 0 Å². The van der Waals surface area contributed by atoms with Crippen molar-refractivity contribution in [2.24, 2.45) is 0 Å². The molecule has 1 heterocycles. The molecule has 2 rings (SSSR count). The molecule has 1 fully saturated rings. The van der Waals surface area contributed by atoms with Crippen LogP contribution in [0.4, 0.5) is 0 Å². The quantitative estimate of drug-likeness (QED) is 0.840. The maximum Gasteiger partial charge on any atom is 0.0465 e. The molecule has 1 aliphatic heterocycles. The van der Waals surface area contributed by atoms with Gasteiger partial charge in [0.25, 0.3) is 0 Å². The highest BCUT2D eigenvalue weighted by molar-refractivity contribution is 6.35. The lowest BCUT2D eigenvalue weighted by molar-refractivity contribution is 0.195. The van der Waals surface area contributed by atoms with Gasteiger partial charge >= 0.3 is 0 Å². The van der Waals surface area contributed by atoms with E-state index in [4.69, 9.17) is 23.2 Å². The van der Waals surface area contributed by atoms with Crippen LogP contribution < -0.4 is 5.32 Å². The predicted octanol–water partition coefficient (Wildman–Crippen LogP) is 4.35. The van der Waals surface area contributed by atoms with E-state index in [9.17, 15) is 0 Å². The predicted molar refractivity (Wildman–Crippen MR) is 87.7 cm³/mol. The number of halogens is 2. The van der Waals surface area contributed by atoms with E-state index in [1.165, 1.54) is 45.3 Å². The van der Waals surface area contributed by atoms with Crippen molar-refractivity contribution in [3.05, 3.63) is 33.8 Å². The largest absolute Gasteiger partial charge is 0.310 e. The molecule has 1 aliphatic rings. The van der Waals surface area contributed by atoms with Gasteiger partial charge < -0.3 is 10.2 Å². The van der Waals surface area contributed by atoms with Crippen molar-refractivity contribution in [1.29, 1.82) is 0 Å². The molecule has 1 aromatic rings. The molecule has 1 aromatic carbocycles. The zero-order valence-corrected chi connectivity index (χ0v) is 13.7. The first-order valence-corrected chi connectivity index (χ1v) is 8.35. The van der Waals surface area contributed by atoms with Crippen molar-refractivity contribution in [3.63, 3.8) is 0 Å². The van der Waals surface area contributed by atoms with Crippen LogP contribution in [0.25, 0.3) is 0 Å². The van der Waals surface area contributed by atoms with Crippen molar-refractivity contribution >= 4 is 23.2 Å². The number of nitrogens with zero attached hydrogens (tertiary/aromatic N) is 1. The molecule has 0 atom stereocenters. The molecule has 0 aromatic heterocycles. The van der Waals surface area contributed by atoms with Gasteiger partial charge in [-0.1, -0.05) is 42.6 Å². The van der Waals surface area contributed by atoms with Crippen molar-refractivity contribution < 1.29 is 0 Å². The van der Waals surface area contributed by atoms with Crippen molar-refractivity contribution in [2.75, 3.05) is 19.6 Å². The number of rotatable bonds is 6. The normalized spacial score (nSPS) is 17.6. The van der Waals surface area contributed by atoms with E-state index in [1.807, 2.05) is 18.2 Å². The highest BCUT2D eigenvalue weighted by atomic mass is 35.5. The fourth-order valence-electron chi connectivity index (χ4n) is 2.69. The molecule has 1 saturated heterocycles. The number of benzene rings is 1. The first-order chi connectivity index (χ1) is 9.70. The summed E-state index contributed by atoms with van der Waals surface area (Å²) in [6, 6.07) is 6.27. The molecule has 112 valence electrons. The Kier molecular flexibility index (Phi) is 6.63. The average Bonchev–Trinajstić information content (AvgIpc) is 2.46. The zero-order valence-electron chi connectivity index (χ0n) is 12.2. The molecule has 4 heteroatoms. The summed E-state index contributed by atoms with van der Waals surface area (Å²) in [6.07, 6.45) is 5.02. The van der Waals surface area contributed by atoms with E-state index in [-0.39, 0.29) is 0 Å². The lowest BCUT2D eigenvalue weighted by Crippen LogP contribution is -2.42. The van der Waals surface area contributed by atoms with Crippen LogP contribution >= 0.6 is 23.2 Å². The van der Waals surface area contributed by atoms with Crippen LogP contribution in [0.15, 0.2) is 18.2 Å². The fraction of sp³-hybridized carbons (Fsp3) is 0.625. The number of hydrogen-bond acceptors (Lipinski definition) is 2. The number of piperidine rings is 1. The van der Waals surface area contributed by atoms with Gasteiger partial charge in [-0.2, -0.15) is 0 Å². The first kappa shape index (κ1) is 16.1. The summed E-state index contributed by atoms with van der Waals surface area (Å²) in [7, 11) is 0. The van der Waals surface area contributed by atoms with E-state index in [0.717, 1.165) is 22.2 Å². The van der Waals surface area contributed by atoms with Crippen LogP contribution in [0.5, 0.6) is 0 Å². The Bertz CT molecular complexity index is 395. The van der Waals surface area contributed by atoms with E-state index >= 15 is 0 Å². The van der Waals surface area contributed by atoms with E-state index in [0.29, 0.717) is 6.04 Å². The third-order valence-corrected chi connectivity index (χ3v) is 4.75. The monoisotopic (exact) mass is 314 g/mol. The van der Waals surface area contributed by atoms with Gasteiger partial charge in [-0.3, -0.25) is 0 Å². The lowest BCUT2D eigenvalue weighted by Gasteiger charge is -2.32. The van der Waals surface area contributed by atoms with Gasteiger partial charge in [0.1, 0.15) is 0 Å². The summed E-state index contributed by atoms with van der Waals surface area (Å²) < 4.78 is 0. The van der Waals surface area contributed by atoms with Gasteiger partial charge in [0.15, 0.2) is 0 Å². The van der Waals surface area contributed by atoms with Gasteiger partial charge in [0.05, 0.1) is 0 Å². The molecular weight excluding hydrogens is 291 g/mol. The number of hydrogen-bond donors (Lipinski definition) is 1. The van der Waals surface area contributed by atoms with Gasteiger partial charge in [-0.05, 0) is 51.0 Å². The molecule has 0 radical (unpaired) electrons. The van der Waals surface area contributed by atoms with Crippen LogP contribution in [0.3, 0.4) is 0 Å². The summed E-state index contributed by atoms with van der Waals surface area (Å²) in [4.78, 5) is 2.57. The summed E-state index contributed by atoms with van der Waals surface area (Å²) in [5, 5.41) is 5.11. The van der Waals surface area contributed by atoms with Gasteiger partial charge in [-0.25, -0.2) is 0 Å². The Labute approximate surface area is 132 Å². The topological polar surface area (TPSA) is 15.3 Å². The third-order valence-electron chi connectivity index (χ3n) is 4.04. The van der Waals surface area contributed by atoms with Gasteiger partial charge in [-0.15, -0.1) is 0 Å². The van der Waals surface area contributed by atoms with E-state index < -0.39 is 0 Å². The average molecular weight is 315 g/mol. The van der Waals surface area contributed by atoms with Crippen molar-refractivity contribution in [1.82, 2.24) is 10.2 Å². The number of nitrogens with one attached hydrogen (secondary N) is 1. The number of unbranched alkanes of at least 4 members (excludes halogenated alkanes) is 1. The van der Waals surface area contributed by atoms with Gasteiger partial charge in [0, 0.05) is 28.2 Å². The fourth-order valence-corrected chi connectivity index (χ4v) is 3.22. The minimum absolute atomic E-state index is 0.584. The van der Waals surface area contributed by atoms with Crippen LogP contribution in [-0.4, -0.2) is 30.6 Å². The van der Waals surface area contributed by atoms with Crippen LogP contribution in [0.2, 0.25) is 10.0 Å². The minimum atomic E-state index is 0.584. The molecule has 1 N–H and O–H groups in total. The second kappa shape index (κ2) is 8.23. The van der Waals surface area contributed by atoms with Crippen molar-refractivity contribution in [2.45, 2.75) is 45.2 Å². The Morgan fingerprint density at radius 2 is 1.85 bits per heavy atom. The van der Waals surface area contributed by atoms with Crippen LogP contribution in [0, 0.1) is 0 Å². The van der Waals surface area contributed by atoms with Crippen LogP contribution in [0.1, 0.15) is 38.2 Å². The van der Waals surface area contributed by atoms with Crippen molar-refractivity contribution in [3.8, 4) is 0 Å². The van der Waals surface area contributed by atoms with Crippen LogP contribution in [-0.2, 0) is 6.54 Å². The Hall–Kier alpha value is -0.280. The lowest BCUT2D eigenvalue weighted by atomic mass is 10.0. The molecule has 2 nitrogen and oxygen atoms in total. The third kappa shape index (κ3) is 4.63. The molecule has 0 aliphatic carbocycles. The summed E-state index contributed by atoms with van der Waals surface area (Å²) in [6.45, 7) is 6.67. The molecule has 0 spiro atoms. The summed E-state index contributed by atoms with van der Waals surface area (Å²) in [5.41, 5.74) is 1.02. The number of likely N-dealkylation sites (tertiary alicyclic amines) is 1. The molecule has 20 heavy (non-hydrogen) atoms. The Morgan fingerprint density at radius 1 is 1.20 bits per heavy atom. The smallest absolute Gasteiger partial charge is 0.0465 e. The maximum absolute atomic E-state index is 6.19. The van der Waals surface area contributed by atoms with Gasteiger partial charge in [0.2, 0.25) is 0 Å². The molecule has 0 bridgehead atoms. The molecular formula is C16H24Cl2N2. The minimum Gasteiger partial charge on any atom is -0.310 e. The molecule has 0 saturated carbocycles. The SMILES string of the molecule is CCCCN1CCC(NCc2c(Cl)cccc2Cl)CC1. The zero-order chi connectivity index (χ0) is 14.4. The van der Waals surface area contributed by atoms with E-state index in [2.05, 4.69) is 17.1 Å². The first-order valence-electron chi connectivity index (χ1n) is 7.59. The maximum atomic E-state index is 6.19. The summed E-state index contributed by atoms with van der Waals surface area (Å²) >= 11 is 12.4. The highest BCUT2D eigenvalue weighted by Crippen LogP contribution is 2.24. The second-order valence-electron chi connectivity index (χ2n) is 5.55. The Morgan fingerprint density at radius 3 is 2.45 bits per heavy atom.